The number of nitrogens with zero attached hydrogens (tertiary/aromatic N) is 3. The van der Waals surface area contributed by atoms with E-state index >= 15 is 0 Å². The maximum absolute atomic E-state index is 10.5. The van der Waals surface area contributed by atoms with E-state index in [1.54, 1.807) is 29.9 Å². The second kappa shape index (κ2) is 5.31. The van der Waals surface area contributed by atoms with Crippen molar-refractivity contribution < 1.29 is 15.0 Å². The summed E-state index contributed by atoms with van der Waals surface area (Å²) in [6.07, 6.45) is 0. The first-order chi connectivity index (χ1) is 8.97. The first kappa shape index (κ1) is 13.4. The van der Waals surface area contributed by atoms with Crippen molar-refractivity contribution in [1.29, 1.82) is 0 Å². The highest BCUT2D eigenvalue weighted by Crippen LogP contribution is 2.26. The molecule has 0 bridgehead atoms. The van der Waals surface area contributed by atoms with E-state index in [4.69, 9.17) is 5.11 Å². The summed E-state index contributed by atoms with van der Waals surface area (Å²) in [6.45, 7) is 1.86. The van der Waals surface area contributed by atoms with Crippen LogP contribution in [0.3, 0.4) is 0 Å². The quantitative estimate of drug-likeness (QED) is 0.828. The Morgan fingerprint density at radius 2 is 2.21 bits per heavy atom. The van der Waals surface area contributed by atoms with E-state index in [2.05, 4.69) is 10.1 Å². The topological polar surface area (TPSA) is 88.2 Å². The Balaban J connectivity index is 2.31. The Bertz CT molecular complexity index is 625. The van der Waals surface area contributed by atoms with Gasteiger partial charge >= 0.3 is 5.97 Å². The molecule has 0 aliphatic carbocycles. The van der Waals surface area contributed by atoms with Crippen molar-refractivity contribution in [2.24, 2.45) is 7.05 Å². The summed E-state index contributed by atoms with van der Waals surface area (Å²) in [5, 5.41) is 22.8. The Morgan fingerprint density at radius 1 is 1.47 bits per heavy atom. The Morgan fingerprint density at radius 3 is 2.84 bits per heavy atom. The minimum absolute atomic E-state index is 0.0550. The average Bonchev–Trinajstić information content (AvgIpc) is 2.67. The SMILES string of the molecule is Cc1cc(O)ccc1-c1nc(SCC(=O)O)n(C)n1. The number of carboxylic acid groups (broad SMARTS) is 1. The number of phenols is 1. The largest absolute Gasteiger partial charge is 0.508 e. The Hall–Kier alpha value is -2.02. The van der Waals surface area contributed by atoms with Crippen LogP contribution in [0.15, 0.2) is 23.4 Å². The van der Waals surface area contributed by atoms with Gasteiger partial charge in [-0.05, 0) is 30.7 Å². The number of hydrogen-bond acceptors (Lipinski definition) is 5. The number of thioether (sulfide) groups is 1. The fourth-order valence-corrected chi connectivity index (χ4v) is 2.27. The Kier molecular flexibility index (Phi) is 3.75. The summed E-state index contributed by atoms with van der Waals surface area (Å²) < 4.78 is 1.55. The molecule has 19 heavy (non-hydrogen) atoms. The van der Waals surface area contributed by atoms with Crippen LogP contribution in [0.4, 0.5) is 0 Å². The number of benzene rings is 1. The van der Waals surface area contributed by atoms with Crippen LogP contribution in [0.2, 0.25) is 0 Å². The molecule has 0 aliphatic rings. The molecule has 0 radical (unpaired) electrons. The highest BCUT2D eigenvalue weighted by Gasteiger charge is 2.13. The first-order valence-corrected chi connectivity index (χ1v) is 6.51. The lowest BCUT2D eigenvalue weighted by Crippen LogP contribution is -2.00. The summed E-state index contributed by atoms with van der Waals surface area (Å²) in [4.78, 5) is 14.9. The summed E-state index contributed by atoms with van der Waals surface area (Å²) in [6, 6.07) is 4.95. The number of phenolic OH excluding ortho intramolecular Hbond substituents is 1. The Labute approximate surface area is 114 Å². The molecule has 7 heteroatoms. The van der Waals surface area contributed by atoms with E-state index in [-0.39, 0.29) is 11.5 Å². The van der Waals surface area contributed by atoms with Gasteiger partial charge in [0.05, 0.1) is 5.75 Å². The van der Waals surface area contributed by atoms with E-state index < -0.39 is 5.97 Å². The van der Waals surface area contributed by atoms with E-state index in [0.717, 1.165) is 22.9 Å². The molecule has 1 heterocycles. The predicted octanol–water partition coefficient (Wildman–Crippen LogP) is 1.67. The van der Waals surface area contributed by atoms with Crippen LogP contribution < -0.4 is 0 Å². The van der Waals surface area contributed by atoms with Gasteiger partial charge < -0.3 is 10.2 Å². The van der Waals surface area contributed by atoms with Gasteiger partial charge in [0.25, 0.3) is 0 Å². The number of carboxylic acids is 1. The van der Waals surface area contributed by atoms with E-state index in [9.17, 15) is 9.90 Å². The molecular formula is C12H13N3O3S. The number of rotatable bonds is 4. The molecule has 0 saturated carbocycles. The number of aromatic nitrogens is 3. The average molecular weight is 279 g/mol. The third-order valence-electron chi connectivity index (χ3n) is 2.50. The minimum atomic E-state index is -0.893. The van der Waals surface area contributed by atoms with Crippen molar-refractivity contribution in [2.45, 2.75) is 12.1 Å². The lowest BCUT2D eigenvalue weighted by atomic mass is 10.1. The molecule has 1 aromatic carbocycles. The van der Waals surface area contributed by atoms with Crippen molar-refractivity contribution in [3.05, 3.63) is 23.8 Å². The highest BCUT2D eigenvalue weighted by molar-refractivity contribution is 7.99. The molecule has 6 nitrogen and oxygen atoms in total. The summed E-state index contributed by atoms with van der Waals surface area (Å²) in [7, 11) is 1.72. The highest BCUT2D eigenvalue weighted by atomic mass is 32.2. The molecule has 0 saturated heterocycles. The zero-order valence-corrected chi connectivity index (χ0v) is 11.3. The van der Waals surface area contributed by atoms with E-state index in [0.29, 0.717) is 11.0 Å². The van der Waals surface area contributed by atoms with Gasteiger partial charge in [0, 0.05) is 12.6 Å². The minimum Gasteiger partial charge on any atom is -0.508 e. The maximum Gasteiger partial charge on any atom is 0.313 e. The van der Waals surface area contributed by atoms with Crippen LogP contribution in [0.5, 0.6) is 5.75 Å². The second-order valence-corrected chi connectivity index (χ2v) is 4.97. The third kappa shape index (κ3) is 3.05. The molecule has 0 unspecified atom stereocenters. The van der Waals surface area contributed by atoms with Crippen molar-refractivity contribution in [2.75, 3.05) is 5.75 Å². The van der Waals surface area contributed by atoms with Crippen LogP contribution >= 0.6 is 11.8 Å². The molecule has 1 aromatic heterocycles. The number of aryl methyl sites for hydroxylation is 2. The molecule has 0 fully saturated rings. The van der Waals surface area contributed by atoms with E-state index in [1.165, 1.54) is 0 Å². The molecule has 2 rings (SSSR count). The van der Waals surface area contributed by atoms with Crippen LogP contribution in [-0.4, -0.2) is 36.7 Å². The summed E-state index contributed by atoms with van der Waals surface area (Å²) in [5.74, 6) is -0.235. The van der Waals surface area contributed by atoms with Gasteiger partial charge in [0.1, 0.15) is 5.75 Å². The number of aliphatic carboxylic acids is 1. The van der Waals surface area contributed by atoms with Crippen LogP contribution in [-0.2, 0) is 11.8 Å². The smallest absolute Gasteiger partial charge is 0.313 e. The van der Waals surface area contributed by atoms with Gasteiger partial charge in [-0.1, -0.05) is 11.8 Å². The molecular weight excluding hydrogens is 266 g/mol. The van der Waals surface area contributed by atoms with Gasteiger partial charge in [0.2, 0.25) is 0 Å². The standard InChI is InChI=1S/C12H13N3O3S/c1-7-5-8(16)3-4-9(7)11-13-12(15(2)14-11)19-6-10(17)18/h3-5,16H,6H2,1-2H3,(H,17,18). The van der Waals surface area contributed by atoms with Gasteiger partial charge in [-0.2, -0.15) is 5.10 Å². The molecule has 2 aromatic rings. The van der Waals surface area contributed by atoms with E-state index in [1.807, 2.05) is 6.92 Å². The molecule has 0 amide bonds. The number of aromatic hydroxyl groups is 1. The van der Waals surface area contributed by atoms with Crippen LogP contribution in [0, 0.1) is 6.92 Å². The molecule has 100 valence electrons. The van der Waals surface area contributed by atoms with Crippen LogP contribution in [0.25, 0.3) is 11.4 Å². The molecule has 2 N–H and O–H groups in total. The van der Waals surface area contributed by atoms with Gasteiger partial charge in [0.15, 0.2) is 11.0 Å². The summed E-state index contributed by atoms with van der Waals surface area (Å²) >= 11 is 1.12. The number of carbonyl (C=O) groups is 1. The fourth-order valence-electron chi connectivity index (χ4n) is 1.63. The summed E-state index contributed by atoms with van der Waals surface area (Å²) in [5.41, 5.74) is 1.68. The van der Waals surface area contributed by atoms with Crippen molar-refractivity contribution in [3.8, 4) is 17.1 Å². The van der Waals surface area contributed by atoms with Crippen molar-refractivity contribution in [1.82, 2.24) is 14.8 Å². The normalized spacial score (nSPS) is 10.6. The van der Waals surface area contributed by atoms with Gasteiger partial charge in [-0.25, -0.2) is 9.67 Å². The van der Waals surface area contributed by atoms with Gasteiger partial charge in [-0.3, -0.25) is 4.79 Å². The molecule has 0 aliphatic heterocycles. The number of hydrogen-bond donors (Lipinski definition) is 2. The second-order valence-electron chi connectivity index (χ2n) is 4.02. The predicted molar refractivity (Wildman–Crippen MR) is 71.2 cm³/mol. The zero-order chi connectivity index (χ0) is 14.0. The fraction of sp³-hybridized carbons (Fsp3) is 0.250. The third-order valence-corrected chi connectivity index (χ3v) is 3.50. The van der Waals surface area contributed by atoms with Gasteiger partial charge in [-0.15, -0.1) is 0 Å². The van der Waals surface area contributed by atoms with Crippen LogP contribution in [0.1, 0.15) is 5.56 Å². The molecule has 0 spiro atoms. The first-order valence-electron chi connectivity index (χ1n) is 5.53. The molecule has 0 atom stereocenters. The lowest BCUT2D eigenvalue weighted by Gasteiger charge is -2.01. The maximum atomic E-state index is 10.5. The monoisotopic (exact) mass is 279 g/mol. The zero-order valence-electron chi connectivity index (χ0n) is 10.5. The lowest BCUT2D eigenvalue weighted by molar-refractivity contribution is -0.133. The van der Waals surface area contributed by atoms with Crippen molar-refractivity contribution >= 4 is 17.7 Å². The van der Waals surface area contributed by atoms with Crippen molar-refractivity contribution in [3.63, 3.8) is 0 Å².